The van der Waals surface area contributed by atoms with Gasteiger partial charge in [0.25, 0.3) is 0 Å². The first-order valence-corrected chi connectivity index (χ1v) is 9.52. The smallest absolute Gasteiger partial charge is 0.311 e. The Bertz CT molecular complexity index is 799. The molecule has 1 aromatic carbocycles. The lowest BCUT2D eigenvalue weighted by Gasteiger charge is -2.28. The second-order valence-corrected chi connectivity index (χ2v) is 7.02. The van der Waals surface area contributed by atoms with E-state index in [-0.39, 0.29) is 0 Å². The van der Waals surface area contributed by atoms with Crippen LogP contribution in [0.5, 0.6) is 0 Å². The molecular formula is C21H27N3O3. The predicted octanol–water partition coefficient (Wildman–Crippen LogP) is 3.57. The number of nitrogens with zero attached hydrogens (tertiary/aromatic N) is 3. The van der Waals surface area contributed by atoms with Gasteiger partial charge in [0.1, 0.15) is 0 Å². The number of aromatic nitrogens is 2. The first-order valence-electron chi connectivity index (χ1n) is 9.52. The summed E-state index contributed by atoms with van der Waals surface area (Å²) in [6, 6.07) is 8.07. The predicted molar refractivity (Wildman–Crippen MR) is 105 cm³/mol. The minimum Gasteiger partial charge on any atom is -0.481 e. The van der Waals surface area contributed by atoms with Gasteiger partial charge >= 0.3 is 5.97 Å². The fraction of sp³-hybridized carbons (Fsp3) is 0.476. The van der Waals surface area contributed by atoms with Gasteiger partial charge in [-0.25, -0.2) is 9.97 Å². The van der Waals surface area contributed by atoms with E-state index in [4.69, 9.17) is 9.72 Å². The number of carboxylic acid groups (broad SMARTS) is 1. The van der Waals surface area contributed by atoms with E-state index in [2.05, 4.69) is 9.88 Å². The van der Waals surface area contributed by atoms with Crippen molar-refractivity contribution in [3.63, 3.8) is 0 Å². The van der Waals surface area contributed by atoms with Crippen LogP contribution in [0.1, 0.15) is 42.5 Å². The van der Waals surface area contributed by atoms with Crippen LogP contribution in [0.2, 0.25) is 0 Å². The summed E-state index contributed by atoms with van der Waals surface area (Å²) in [6.45, 7) is 8.71. The number of aliphatic carboxylic acids is 1. The Kier molecular flexibility index (Phi) is 6.06. The highest BCUT2D eigenvalue weighted by atomic mass is 16.5. The summed E-state index contributed by atoms with van der Waals surface area (Å²) in [6.07, 6.45) is 1.35. The molecule has 1 fully saturated rings. The maximum Gasteiger partial charge on any atom is 0.311 e. The number of hydrogen-bond donors (Lipinski definition) is 1. The molecule has 6 heteroatoms. The third kappa shape index (κ3) is 4.27. The zero-order valence-corrected chi connectivity index (χ0v) is 16.2. The maximum atomic E-state index is 12.0. The topological polar surface area (TPSA) is 75.5 Å². The highest BCUT2D eigenvalue weighted by Crippen LogP contribution is 2.34. The summed E-state index contributed by atoms with van der Waals surface area (Å²) in [5, 5.41) is 9.83. The molecular weight excluding hydrogens is 342 g/mol. The number of carbonyl (C=O) groups is 1. The van der Waals surface area contributed by atoms with Gasteiger partial charge in [0.05, 0.1) is 24.8 Å². The lowest BCUT2D eigenvalue weighted by atomic mass is 9.89. The molecule has 0 bridgehead atoms. The molecule has 0 radical (unpaired) electrons. The zero-order valence-electron chi connectivity index (χ0n) is 16.2. The van der Waals surface area contributed by atoms with Crippen molar-refractivity contribution in [3.05, 3.63) is 41.1 Å². The number of anilines is 1. The van der Waals surface area contributed by atoms with Crippen LogP contribution < -0.4 is 4.90 Å². The fourth-order valence-electron chi connectivity index (χ4n) is 3.50. The number of ether oxygens (including phenoxy) is 1. The summed E-state index contributed by atoms with van der Waals surface area (Å²) >= 11 is 0. The van der Waals surface area contributed by atoms with E-state index in [9.17, 15) is 9.90 Å². The van der Waals surface area contributed by atoms with Crippen molar-refractivity contribution in [2.75, 3.05) is 31.2 Å². The largest absolute Gasteiger partial charge is 0.481 e. The Hall–Kier alpha value is -2.47. The summed E-state index contributed by atoms with van der Waals surface area (Å²) in [7, 11) is 0. The molecule has 3 rings (SSSR count). The minimum atomic E-state index is -0.823. The van der Waals surface area contributed by atoms with Crippen molar-refractivity contribution in [3.8, 4) is 11.3 Å². The molecule has 1 N–H and O–H groups in total. The van der Waals surface area contributed by atoms with E-state index in [1.165, 1.54) is 0 Å². The Morgan fingerprint density at radius 3 is 2.44 bits per heavy atom. The van der Waals surface area contributed by atoms with Gasteiger partial charge in [-0.3, -0.25) is 4.79 Å². The fourth-order valence-corrected chi connectivity index (χ4v) is 3.50. The zero-order chi connectivity index (χ0) is 19.4. The van der Waals surface area contributed by atoms with Crippen molar-refractivity contribution in [2.24, 2.45) is 0 Å². The third-order valence-corrected chi connectivity index (χ3v) is 4.97. The molecule has 1 aromatic heterocycles. The second-order valence-electron chi connectivity index (χ2n) is 7.02. The average molecular weight is 369 g/mol. The highest BCUT2D eigenvalue weighted by molar-refractivity contribution is 5.81. The summed E-state index contributed by atoms with van der Waals surface area (Å²) in [5.74, 6) is -0.781. The van der Waals surface area contributed by atoms with Crippen LogP contribution in [0.15, 0.2) is 24.3 Å². The van der Waals surface area contributed by atoms with E-state index in [1.54, 1.807) is 0 Å². The molecule has 2 heterocycles. The molecule has 1 atom stereocenters. The SMILES string of the molecule is CCCC(C(=O)O)c1c(C)nc(N2CCOCC2)nc1-c1ccc(C)cc1. The van der Waals surface area contributed by atoms with Gasteiger partial charge in [-0.05, 0) is 20.3 Å². The van der Waals surface area contributed by atoms with Crippen molar-refractivity contribution < 1.29 is 14.6 Å². The standard InChI is InChI=1S/C21H27N3O3/c1-4-5-17(20(25)26)18-15(3)22-21(24-10-12-27-13-11-24)23-19(18)16-8-6-14(2)7-9-16/h6-9,17H,4-5,10-13H2,1-3H3,(H,25,26). The average Bonchev–Trinajstić information content (AvgIpc) is 2.67. The van der Waals surface area contributed by atoms with Crippen LogP contribution in [-0.2, 0) is 9.53 Å². The van der Waals surface area contributed by atoms with Gasteiger partial charge in [-0.15, -0.1) is 0 Å². The Morgan fingerprint density at radius 2 is 1.85 bits per heavy atom. The third-order valence-electron chi connectivity index (χ3n) is 4.97. The number of aryl methyl sites for hydroxylation is 2. The molecule has 27 heavy (non-hydrogen) atoms. The molecule has 0 amide bonds. The Labute approximate surface area is 160 Å². The molecule has 1 unspecified atom stereocenters. The first-order chi connectivity index (χ1) is 13.0. The van der Waals surface area contributed by atoms with E-state index >= 15 is 0 Å². The van der Waals surface area contributed by atoms with Crippen LogP contribution in [0.4, 0.5) is 5.95 Å². The van der Waals surface area contributed by atoms with Crippen molar-refractivity contribution in [1.29, 1.82) is 0 Å². The lowest BCUT2D eigenvalue weighted by molar-refractivity contribution is -0.139. The van der Waals surface area contributed by atoms with Crippen molar-refractivity contribution >= 4 is 11.9 Å². The van der Waals surface area contributed by atoms with E-state index in [1.807, 2.05) is 45.0 Å². The molecule has 0 aliphatic carbocycles. The van der Waals surface area contributed by atoms with Gasteiger partial charge < -0.3 is 14.7 Å². The van der Waals surface area contributed by atoms with Crippen molar-refractivity contribution in [2.45, 2.75) is 39.5 Å². The van der Waals surface area contributed by atoms with Crippen molar-refractivity contribution in [1.82, 2.24) is 9.97 Å². The maximum absolute atomic E-state index is 12.0. The van der Waals surface area contributed by atoms with Crippen LogP contribution >= 0.6 is 0 Å². The minimum absolute atomic E-state index is 0.565. The number of rotatable bonds is 6. The number of benzene rings is 1. The van der Waals surface area contributed by atoms with E-state index in [0.717, 1.165) is 47.6 Å². The van der Waals surface area contributed by atoms with Crippen LogP contribution in [0.25, 0.3) is 11.3 Å². The number of carboxylic acids is 1. The van der Waals surface area contributed by atoms with Crippen LogP contribution in [0, 0.1) is 13.8 Å². The number of hydrogen-bond acceptors (Lipinski definition) is 5. The van der Waals surface area contributed by atoms with Gasteiger partial charge in [0.15, 0.2) is 0 Å². The molecule has 1 aliphatic rings. The van der Waals surface area contributed by atoms with E-state index < -0.39 is 11.9 Å². The first kappa shape index (κ1) is 19.3. The van der Waals surface area contributed by atoms with Gasteiger partial charge in [-0.1, -0.05) is 43.2 Å². The lowest BCUT2D eigenvalue weighted by Crippen LogP contribution is -2.37. The molecule has 2 aromatic rings. The molecule has 1 aliphatic heterocycles. The highest BCUT2D eigenvalue weighted by Gasteiger charge is 2.28. The van der Waals surface area contributed by atoms with Gasteiger partial charge in [0.2, 0.25) is 5.95 Å². The molecule has 0 saturated carbocycles. The van der Waals surface area contributed by atoms with Gasteiger partial charge in [-0.2, -0.15) is 0 Å². The molecule has 1 saturated heterocycles. The molecule has 144 valence electrons. The van der Waals surface area contributed by atoms with E-state index in [0.29, 0.717) is 25.6 Å². The Morgan fingerprint density at radius 1 is 1.19 bits per heavy atom. The van der Waals surface area contributed by atoms with Gasteiger partial charge in [0, 0.05) is 29.9 Å². The molecule has 6 nitrogen and oxygen atoms in total. The summed E-state index contributed by atoms with van der Waals surface area (Å²) < 4.78 is 5.43. The molecule has 0 spiro atoms. The van der Waals surface area contributed by atoms with Crippen LogP contribution in [0.3, 0.4) is 0 Å². The van der Waals surface area contributed by atoms with Crippen LogP contribution in [-0.4, -0.2) is 47.3 Å². The second kappa shape index (κ2) is 8.48. The summed E-state index contributed by atoms with van der Waals surface area (Å²) in [5.41, 5.74) is 4.28. The Balaban J connectivity index is 2.15. The normalized spacial score (nSPS) is 15.6. The number of morpholine rings is 1. The monoisotopic (exact) mass is 369 g/mol. The summed E-state index contributed by atoms with van der Waals surface area (Å²) in [4.78, 5) is 23.6. The quantitative estimate of drug-likeness (QED) is 0.839.